The Morgan fingerprint density at radius 2 is 2.07 bits per heavy atom. The molecule has 3 rings (SSSR count). The van der Waals surface area contributed by atoms with Crippen molar-refractivity contribution < 1.29 is 18.9 Å². The zero-order valence-corrected chi connectivity index (χ0v) is 15.3. The van der Waals surface area contributed by atoms with Crippen LogP contribution < -0.4 is 10.1 Å². The summed E-state index contributed by atoms with van der Waals surface area (Å²) in [6.45, 7) is 3.32. The number of furan rings is 1. The monoisotopic (exact) mass is 384 g/mol. The number of carbonyl (C=O) groups is 1. The molecule has 0 saturated heterocycles. The molecule has 1 aromatic carbocycles. The smallest absolute Gasteiger partial charge is 0.286 e. The van der Waals surface area contributed by atoms with Crippen molar-refractivity contribution >= 4 is 11.6 Å². The number of aryl methyl sites for hydroxylation is 2. The summed E-state index contributed by atoms with van der Waals surface area (Å²) in [7, 11) is 0. The van der Waals surface area contributed by atoms with Crippen LogP contribution in [0.4, 0.5) is 5.69 Å². The van der Waals surface area contributed by atoms with Crippen molar-refractivity contribution in [2.45, 2.75) is 26.5 Å². The highest BCUT2D eigenvalue weighted by molar-refractivity contribution is 5.91. The van der Waals surface area contributed by atoms with Crippen molar-refractivity contribution in [3.63, 3.8) is 0 Å². The third kappa shape index (κ3) is 5.19. The van der Waals surface area contributed by atoms with Crippen molar-refractivity contribution in [1.29, 1.82) is 0 Å². The van der Waals surface area contributed by atoms with Gasteiger partial charge >= 0.3 is 0 Å². The van der Waals surface area contributed by atoms with Crippen LogP contribution in [-0.2, 0) is 13.2 Å². The highest BCUT2D eigenvalue weighted by Gasteiger charge is 2.11. The van der Waals surface area contributed by atoms with Crippen molar-refractivity contribution in [2.75, 3.05) is 6.54 Å². The lowest BCUT2D eigenvalue weighted by molar-refractivity contribution is -0.384. The number of nitro benzene ring substituents is 1. The molecule has 0 aliphatic rings. The van der Waals surface area contributed by atoms with Gasteiger partial charge in [0.15, 0.2) is 5.76 Å². The summed E-state index contributed by atoms with van der Waals surface area (Å²) < 4.78 is 12.8. The Kier molecular flexibility index (Phi) is 6.05. The van der Waals surface area contributed by atoms with Gasteiger partial charge in [0.25, 0.3) is 11.6 Å². The van der Waals surface area contributed by atoms with Crippen LogP contribution in [0, 0.1) is 17.0 Å². The second-order valence-corrected chi connectivity index (χ2v) is 6.20. The highest BCUT2D eigenvalue weighted by Crippen LogP contribution is 2.19. The molecule has 0 aliphatic carbocycles. The second kappa shape index (κ2) is 8.85. The number of benzene rings is 1. The average molecular weight is 384 g/mol. The highest BCUT2D eigenvalue weighted by atomic mass is 16.6. The number of amides is 1. The van der Waals surface area contributed by atoms with Crippen LogP contribution in [0.3, 0.4) is 0 Å². The van der Waals surface area contributed by atoms with Crippen LogP contribution in [0.15, 0.2) is 53.2 Å². The topological polar surface area (TPSA) is 112 Å². The molecule has 1 amide bonds. The fraction of sp³-hybridized carbons (Fsp3) is 0.263. The number of nitrogens with zero attached hydrogens (tertiary/aromatic N) is 3. The molecule has 0 saturated carbocycles. The summed E-state index contributed by atoms with van der Waals surface area (Å²) in [5, 5.41) is 17.6. The second-order valence-electron chi connectivity index (χ2n) is 6.20. The Balaban J connectivity index is 1.42. The van der Waals surface area contributed by atoms with Gasteiger partial charge in [-0.25, -0.2) is 0 Å². The molecule has 0 radical (unpaired) electrons. The predicted octanol–water partition coefficient (Wildman–Crippen LogP) is 3.09. The summed E-state index contributed by atoms with van der Waals surface area (Å²) in [6.07, 6.45) is 4.50. The number of carbonyl (C=O) groups excluding carboxylic acids is 1. The van der Waals surface area contributed by atoms with Crippen molar-refractivity contribution in [3.05, 3.63) is 76.0 Å². The van der Waals surface area contributed by atoms with Crippen LogP contribution in [0.5, 0.6) is 5.75 Å². The van der Waals surface area contributed by atoms with Crippen LogP contribution >= 0.6 is 0 Å². The van der Waals surface area contributed by atoms with E-state index in [0.29, 0.717) is 18.1 Å². The fourth-order valence-corrected chi connectivity index (χ4v) is 2.52. The maximum absolute atomic E-state index is 12.1. The summed E-state index contributed by atoms with van der Waals surface area (Å²) in [5.41, 5.74) is 1.09. The third-order valence-corrected chi connectivity index (χ3v) is 3.93. The molecule has 28 heavy (non-hydrogen) atoms. The molecule has 9 nitrogen and oxygen atoms in total. The zero-order valence-electron chi connectivity index (χ0n) is 15.3. The van der Waals surface area contributed by atoms with Gasteiger partial charge in [-0.05, 0) is 43.2 Å². The third-order valence-electron chi connectivity index (χ3n) is 3.93. The Bertz CT molecular complexity index is 945. The number of ether oxygens (including phenoxy) is 1. The van der Waals surface area contributed by atoms with E-state index in [1.165, 1.54) is 24.3 Å². The summed E-state index contributed by atoms with van der Waals surface area (Å²) in [5.74, 6) is 0.868. The molecule has 0 unspecified atom stereocenters. The van der Waals surface area contributed by atoms with E-state index in [0.717, 1.165) is 18.5 Å². The average Bonchev–Trinajstić information content (AvgIpc) is 3.33. The number of nitrogens with one attached hydrogen (secondary N) is 1. The largest absolute Gasteiger partial charge is 0.486 e. The molecule has 0 bridgehead atoms. The van der Waals surface area contributed by atoms with Gasteiger partial charge in [0.05, 0.1) is 11.1 Å². The molecule has 0 aliphatic heterocycles. The molecule has 0 atom stereocenters. The molecular formula is C19H20N4O5. The lowest BCUT2D eigenvalue weighted by atomic mass is 10.3. The lowest BCUT2D eigenvalue weighted by Gasteiger charge is -2.05. The number of hydrogen-bond donors (Lipinski definition) is 1. The van der Waals surface area contributed by atoms with Gasteiger partial charge in [-0.1, -0.05) is 0 Å². The first-order valence-electron chi connectivity index (χ1n) is 8.74. The molecule has 2 heterocycles. The molecule has 146 valence electrons. The summed E-state index contributed by atoms with van der Waals surface area (Å²) >= 11 is 0. The summed E-state index contributed by atoms with van der Waals surface area (Å²) in [4.78, 5) is 22.3. The molecule has 0 spiro atoms. The Hall–Kier alpha value is -3.62. The number of aromatic nitrogens is 2. The molecule has 3 aromatic rings. The lowest BCUT2D eigenvalue weighted by Crippen LogP contribution is -2.24. The first-order valence-corrected chi connectivity index (χ1v) is 8.74. The van der Waals surface area contributed by atoms with E-state index in [1.54, 1.807) is 18.3 Å². The summed E-state index contributed by atoms with van der Waals surface area (Å²) in [6, 6.07) is 8.99. The van der Waals surface area contributed by atoms with Crippen molar-refractivity contribution in [1.82, 2.24) is 15.1 Å². The maximum atomic E-state index is 12.1. The Morgan fingerprint density at radius 1 is 1.29 bits per heavy atom. The molecule has 2 aromatic heterocycles. The Labute approximate surface area is 161 Å². The molecule has 9 heteroatoms. The minimum absolute atomic E-state index is 0.00741. The number of rotatable bonds is 9. The van der Waals surface area contributed by atoms with Crippen LogP contribution in [0.1, 0.15) is 28.3 Å². The van der Waals surface area contributed by atoms with Crippen LogP contribution in [0.25, 0.3) is 0 Å². The van der Waals surface area contributed by atoms with Gasteiger partial charge in [0, 0.05) is 31.4 Å². The zero-order chi connectivity index (χ0) is 19.9. The predicted molar refractivity (Wildman–Crippen MR) is 100 cm³/mol. The van der Waals surface area contributed by atoms with Gasteiger partial charge in [-0.3, -0.25) is 19.6 Å². The van der Waals surface area contributed by atoms with Gasteiger partial charge in [0.2, 0.25) is 0 Å². The van der Waals surface area contributed by atoms with E-state index in [1.807, 2.05) is 17.8 Å². The number of nitro groups is 1. The van der Waals surface area contributed by atoms with Crippen molar-refractivity contribution in [2.24, 2.45) is 0 Å². The Morgan fingerprint density at radius 3 is 2.75 bits per heavy atom. The first kappa shape index (κ1) is 19.2. The fourth-order valence-electron chi connectivity index (χ4n) is 2.52. The first-order chi connectivity index (χ1) is 13.5. The van der Waals surface area contributed by atoms with E-state index in [-0.39, 0.29) is 24.0 Å². The normalized spacial score (nSPS) is 10.6. The maximum Gasteiger partial charge on any atom is 0.286 e. The van der Waals surface area contributed by atoms with E-state index < -0.39 is 4.92 Å². The minimum Gasteiger partial charge on any atom is -0.486 e. The van der Waals surface area contributed by atoms with Crippen LogP contribution in [0.2, 0.25) is 0 Å². The number of hydrogen-bond acceptors (Lipinski definition) is 6. The van der Waals surface area contributed by atoms with E-state index in [9.17, 15) is 14.9 Å². The quantitative estimate of drug-likeness (QED) is 0.345. The molecule has 1 N–H and O–H groups in total. The van der Waals surface area contributed by atoms with E-state index in [2.05, 4.69) is 10.4 Å². The van der Waals surface area contributed by atoms with Gasteiger partial charge in [-0.2, -0.15) is 5.10 Å². The van der Waals surface area contributed by atoms with Crippen molar-refractivity contribution in [3.8, 4) is 5.75 Å². The number of non-ortho nitro benzene ring substituents is 1. The van der Waals surface area contributed by atoms with E-state index >= 15 is 0 Å². The van der Waals surface area contributed by atoms with Crippen LogP contribution in [-0.4, -0.2) is 27.2 Å². The standard InChI is InChI=1S/C19H20N4O5/c1-14-11-21-22(12-14)10-2-9-20-19(24)18-8-7-17(28-18)13-27-16-5-3-15(4-6-16)23(25)26/h3-8,11-12H,2,9-10,13H2,1H3,(H,20,24). The SMILES string of the molecule is Cc1cnn(CCCNC(=O)c2ccc(COc3ccc([N+](=O)[O-])cc3)o2)c1. The molecule has 0 fully saturated rings. The van der Waals surface area contributed by atoms with Gasteiger partial charge in [-0.15, -0.1) is 0 Å². The van der Waals surface area contributed by atoms with Gasteiger partial charge in [0.1, 0.15) is 18.1 Å². The van der Waals surface area contributed by atoms with Gasteiger partial charge < -0.3 is 14.5 Å². The minimum atomic E-state index is -0.475. The van der Waals surface area contributed by atoms with E-state index in [4.69, 9.17) is 9.15 Å². The molecular weight excluding hydrogens is 364 g/mol.